The van der Waals surface area contributed by atoms with Gasteiger partial charge in [0.25, 0.3) is 0 Å². The zero-order chi connectivity index (χ0) is 13.9. The highest BCUT2D eigenvalue weighted by molar-refractivity contribution is 5.41. The van der Waals surface area contributed by atoms with Crippen LogP contribution in [0, 0.1) is 0 Å². The molecular weight excluding hydrogens is 242 g/mol. The van der Waals surface area contributed by atoms with Gasteiger partial charge in [-0.1, -0.05) is 0 Å². The molecule has 1 aromatic rings. The van der Waals surface area contributed by atoms with E-state index in [1.807, 2.05) is 12.1 Å². The number of methoxy groups -OCH3 is 1. The van der Waals surface area contributed by atoms with Crippen molar-refractivity contribution in [3.63, 3.8) is 0 Å². The number of aromatic hydroxyl groups is 1. The molecule has 4 heteroatoms. The topological polar surface area (TPSA) is 55.3 Å². The van der Waals surface area contributed by atoms with Crippen molar-refractivity contribution >= 4 is 0 Å². The van der Waals surface area contributed by atoms with Crippen LogP contribution in [0.5, 0.6) is 11.5 Å². The number of hydrogen-bond donors (Lipinski definition) is 2. The number of phenols is 1. The van der Waals surface area contributed by atoms with E-state index in [-0.39, 0.29) is 11.4 Å². The molecule has 0 saturated carbocycles. The van der Waals surface area contributed by atoms with Gasteiger partial charge < -0.3 is 19.9 Å². The SMILES string of the molecule is COc1cc(C[NH2+][C@@H]2CCOC(C)(C)C2)ccc1O. The van der Waals surface area contributed by atoms with Crippen LogP contribution in [-0.2, 0) is 11.3 Å². The molecule has 106 valence electrons. The molecule has 2 rings (SSSR count). The van der Waals surface area contributed by atoms with Gasteiger partial charge in [0, 0.05) is 18.4 Å². The lowest BCUT2D eigenvalue weighted by atomic mass is 9.94. The summed E-state index contributed by atoms with van der Waals surface area (Å²) in [7, 11) is 1.57. The lowest BCUT2D eigenvalue weighted by Gasteiger charge is -2.34. The summed E-state index contributed by atoms with van der Waals surface area (Å²) in [6.07, 6.45) is 2.17. The Kier molecular flexibility index (Phi) is 4.32. The molecule has 1 aromatic carbocycles. The third-order valence-electron chi connectivity index (χ3n) is 3.67. The van der Waals surface area contributed by atoms with E-state index in [0.717, 1.165) is 26.0 Å². The zero-order valence-electron chi connectivity index (χ0n) is 12.0. The van der Waals surface area contributed by atoms with E-state index >= 15 is 0 Å². The van der Waals surface area contributed by atoms with Gasteiger partial charge >= 0.3 is 0 Å². The summed E-state index contributed by atoms with van der Waals surface area (Å²) in [4.78, 5) is 0. The molecule has 0 aliphatic carbocycles. The fraction of sp³-hybridized carbons (Fsp3) is 0.600. The van der Waals surface area contributed by atoms with Gasteiger partial charge in [-0.05, 0) is 32.0 Å². The van der Waals surface area contributed by atoms with Gasteiger partial charge in [0.05, 0.1) is 25.4 Å². The number of phenolic OH excluding ortho intramolecular Hbond substituents is 1. The lowest BCUT2D eigenvalue weighted by Crippen LogP contribution is -2.89. The van der Waals surface area contributed by atoms with Gasteiger partial charge in [-0.3, -0.25) is 0 Å². The smallest absolute Gasteiger partial charge is 0.160 e. The largest absolute Gasteiger partial charge is 0.504 e. The van der Waals surface area contributed by atoms with Crippen molar-refractivity contribution in [3.05, 3.63) is 23.8 Å². The Labute approximate surface area is 114 Å². The van der Waals surface area contributed by atoms with E-state index in [9.17, 15) is 5.11 Å². The maximum absolute atomic E-state index is 9.57. The van der Waals surface area contributed by atoms with Gasteiger partial charge in [-0.25, -0.2) is 0 Å². The molecule has 3 N–H and O–H groups in total. The van der Waals surface area contributed by atoms with Crippen LogP contribution >= 0.6 is 0 Å². The van der Waals surface area contributed by atoms with Gasteiger partial charge in [0.15, 0.2) is 11.5 Å². The first-order chi connectivity index (χ1) is 9.00. The molecular formula is C15H24NO3+. The second kappa shape index (κ2) is 5.80. The summed E-state index contributed by atoms with van der Waals surface area (Å²) in [6, 6.07) is 6.13. The summed E-state index contributed by atoms with van der Waals surface area (Å²) in [5.74, 6) is 0.733. The standard InChI is InChI=1S/C15H23NO3/c1-15(2)9-12(6-7-19-15)16-10-11-4-5-13(17)14(8-11)18-3/h4-5,8,12,16-17H,6-7,9-10H2,1-3H3/p+1/t12-/m1/s1. The first-order valence-electron chi connectivity index (χ1n) is 6.83. The Morgan fingerprint density at radius 2 is 2.26 bits per heavy atom. The average Bonchev–Trinajstić information content (AvgIpc) is 2.36. The number of nitrogens with two attached hydrogens (primary N) is 1. The van der Waals surface area contributed by atoms with Crippen molar-refractivity contribution in [2.75, 3.05) is 13.7 Å². The van der Waals surface area contributed by atoms with E-state index in [4.69, 9.17) is 9.47 Å². The third-order valence-corrected chi connectivity index (χ3v) is 3.67. The number of benzene rings is 1. The Morgan fingerprint density at radius 1 is 1.47 bits per heavy atom. The van der Waals surface area contributed by atoms with Gasteiger partial charge in [0.2, 0.25) is 0 Å². The van der Waals surface area contributed by atoms with E-state index in [0.29, 0.717) is 11.8 Å². The summed E-state index contributed by atoms with van der Waals surface area (Å²) in [6.45, 7) is 6.04. The number of rotatable bonds is 4. The van der Waals surface area contributed by atoms with Crippen LogP contribution in [0.2, 0.25) is 0 Å². The Balaban J connectivity index is 1.91. The van der Waals surface area contributed by atoms with Gasteiger partial charge in [-0.2, -0.15) is 0 Å². The molecule has 4 nitrogen and oxygen atoms in total. The molecule has 0 spiro atoms. The van der Waals surface area contributed by atoms with Gasteiger partial charge in [-0.15, -0.1) is 0 Å². The normalized spacial score (nSPS) is 22.2. The third kappa shape index (κ3) is 3.85. The Morgan fingerprint density at radius 3 is 2.95 bits per heavy atom. The first-order valence-corrected chi connectivity index (χ1v) is 6.83. The maximum atomic E-state index is 9.57. The van der Waals surface area contributed by atoms with Crippen LogP contribution in [0.1, 0.15) is 32.3 Å². The average molecular weight is 266 g/mol. The van der Waals surface area contributed by atoms with Crippen LogP contribution in [0.3, 0.4) is 0 Å². The quantitative estimate of drug-likeness (QED) is 0.866. The maximum Gasteiger partial charge on any atom is 0.160 e. The predicted molar refractivity (Wildman–Crippen MR) is 73.3 cm³/mol. The van der Waals surface area contributed by atoms with E-state index in [1.54, 1.807) is 13.2 Å². The van der Waals surface area contributed by atoms with Crippen LogP contribution in [0.4, 0.5) is 0 Å². The van der Waals surface area contributed by atoms with Crippen molar-refractivity contribution in [2.45, 2.75) is 44.9 Å². The summed E-state index contributed by atoms with van der Waals surface area (Å²) >= 11 is 0. The summed E-state index contributed by atoms with van der Waals surface area (Å²) in [5.41, 5.74) is 1.16. The second-order valence-electron chi connectivity index (χ2n) is 5.81. The molecule has 19 heavy (non-hydrogen) atoms. The van der Waals surface area contributed by atoms with Crippen LogP contribution in [0.15, 0.2) is 18.2 Å². The number of hydrogen-bond acceptors (Lipinski definition) is 3. The lowest BCUT2D eigenvalue weighted by molar-refractivity contribution is -0.709. The molecule has 0 aromatic heterocycles. The molecule has 1 fully saturated rings. The van der Waals surface area contributed by atoms with E-state index in [1.165, 1.54) is 5.56 Å². The van der Waals surface area contributed by atoms with Crippen LogP contribution in [0.25, 0.3) is 0 Å². The molecule has 1 atom stereocenters. The molecule has 1 aliphatic heterocycles. The van der Waals surface area contributed by atoms with Gasteiger partial charge in [0.1, 0.15) is 6.54 Å². The molecule has 1 saturated heterocycles. The molecule has 1 heterocycles. The Hall–Kier alpha value is -1.26. The van der Waals surface area contributed by atoms with Crippen molar-refractivity contribution in [2.24, 2.45) is 0 Å². The second-order valence-corrected chi connectivity index (χ2v) is 5.81. The van der Waals surface area contributed by atoms with Crippen LogP contribution < -0.4 is 10.1 Å². The molecule has 0 bridgehead atoms. The highest BCUT2D eigenvalue weighted by atomic mass is 16.5. The first kappa shape index (κ1) is 14.2. The molecule has 1 aliphatic rings. The number of ether oxygens (including phenoxy) is 2. The van der Waals surface area contributed by atoms with Crippen LogP contribution in [-0.4, -0.2) is 30.5 Å². The Bertz CT molecular complexity index is 431. The minimum absolute atomic E-state index is 0.00787. The highest BCUT2D eigenvalue weighted by Gasteiger charge is 2.30. The fourth-order valence-electron chi connectivity index (χ4n) is 2.63. The minimum atomic E-state index is -0.00787. The fourth-order valence-corrected chi connectivity index (χ4v) is 2.63. The van der Waals surface area contributed by atoms with E-state index in [2.05, 4.69) is 19.2 Å². The summed E-state index contributed by atoms with van der Waals surface area (Å²) in [5, 5.41) is 11.9. The van der Waals surface area contributed by atoms with E-state index < -0.39 is 0 Å². The predicted octanol–water partition coefficient (Wildman–Crippen LogP) is 1.42. The summed E-state index contributed by atoms with van der Waals surface area (Å²) < 4.78 is 10.9. The van der Waals surface area contributed by atoms with Crippen molar-refractivity contribution < 1.29 is 19.9 Å². The van der Waals surface area contributed by atoms with Crippen molar-refractivity contribution in [1.29, 1.82) is 0 Å². The molecule has 0 amide bonds. The molecule has 0 radical (unpaired) electrons. The minimum Gasteiger partial charge on any atom is -0.504 e. The van der Waals surface area contributed by atoms with Crippen molar-refractivity contribution in [3.8, 4) is 11.5 Å². The number of quaternary nitrogens is 1. The zero-order valence-corrected chi connectivity index (χ0v) is 12.0. The monoisotopic (exact) mass is 266 g/mol. The van der Waals surface area contributed by atoms with Crippen molar-refractivity contribution in [1.82, 2.24) is 0 Å². The highest BCUT2D eigenvalue weighted by Crippen LogP contribution is 2.26. The molecule has 0 unspecified atom stereocenters.